The highest BCUT2D eigenvalue weighted by atomic mass is 32.1. The number of likely N-dealkylation sites (tertiary alicyclic amines) is 1. The second kappa shape index (κ2) is 8.82. The Bertz CT molecular complexity index is 1200. The van der Waals surface area contributed by atoms with Crippen LogP contribution in [0.25, 0.3) is 5.69 Å². The first-order chi connectivity index (χ1) is 16.3. The van der Waals surface area contributed by atoms with Gasteiger partial charge in [0.1, 0.15) is 5.51 Å². The van der Waals surface area contributed by atoms with E-state index in [-0.39, 0.29) is 29.3 Å². The summed E-state index contributed by atoms with van der Waals surface area (Å²) in [6.45, 7) is 0.817. The molecule has 3 aromatic rings. The van der Waals surface area contributed by atoms with E-state index in [0.29, 0.717) is 42.3 Å². The van der Waals surface area contributed by atoms with Gasteiger partial charge in [0.15, 0.2) is 0 Å². The van der Waals surface area contributed by atoms with Crippen molar-refractivity contribution in [2.45, 2.75) is 37.8 Å². The molecule has 3 heterocycles. The number of carbonyl (C=O) groups is 2. The van der Waals surface area contributed by atoms with Gasteiger partial charge < -0.3 is 10.2 Å². The lowest BCUT2D eigenvalue weighted by Gasteiger charge is -2.31. The molecule has 12 heteroatoms. The first-order valence-electron chi connectivity index (χ1n) is 10.9. The van der Waals surface area contributed by atoms with E-state index in [1.165, 1.54) is 33.8 Å². The molecule has 1 N–H and O–H groups in total. The summed E-state index contributed by atoms with van der Waals surface area (Å²) >= 11 is 1.24. The lowest BCUT2D eigenvalue weighted by atomic mass is 9.95. The first-order valence-corrected chi connectivity index (χ1v) is 11.8. The molecule has 1 aliphatic carbocycles. The number of carbonyl (C=O) groups excluding carboxylic acids is 2. The van der Waals surface area contributed by atoms with Gasteiger partial charge in [-0.25, -0.2) is 4.68 Å². The van der Waals surface area contributed by atoms with Gasteiger partial charge in [-0.15, -0.1) is 10.2 Å². The standard InChI is InChI=1S/C22H21F3N6O2S/c23-22(24,25)15-2-1-3-16(10-15)31-18(13-4-5-13)17(11-27-31)20(33)30-8-6-14(7-9-30)19(32)28-21-29-26-12-34-21/h1-3,10-14H,4-9H2,(H,28,29,32). The summed E-state index contributed by atoms with van der Waals surface area (Å²) in [5.74, 6) is -0.488. The summed E-state index contributed by atoms with van der Waals surface area (Å²) in [4.78, 5) is 27.5. The molecule has 1 aliphatic heterocycles. The van der Waals surface area contributed by atoms with Gasteiger partial charge in [0.25, 0.3) is 5.91 Å². The van der Waals surface area contributed by atoms with Crippen molar-refractivity contribution in [3.63, 3.8) is 0 Å². The smallest absolute Gasteiger partial charge is 0.338 e. The lowest BCUT2D eigenvalue weighted by Crippen LogP contribution is -2.41. The van der Waals surface area contributed by atoms with Crippen LogP contribution in [0.4, 0.5) is 18.3 Å². The highest BCUT2D eigenvalue weighted by Crippen LogP contribution is 2.43. The Morgan fingerprint density at radius 3 is 2.53 bits per heavy atom. The van der Waals surface area contributed by atoms with Crippen molar-refractivity contribution in [2.24, 2.45) is 5.92 Å². The number of anilines is 1. The Labute approximate surface area is 196 Å². The van der Waals surface area contributed by atoms with Crippen molar-refractivity contribution in [2.75, 3.05) is 18.4 Å². The molecule has 2 amide bonds. The van der Waals surface area contributed by atoms with Crippen LogP contribution < -0.4 is 5.32 Å². The van der Waals surface area contributed by atoms with E-state index in [9.17, 15) is 22.8 Å². The summed E-state index contributed by atoms with van der Waals surface area (Å²) in [6.07, 6.45) is -0.274. The van der Waals surface area contributed by atoms with Crippen molar-refractivity contribution in [1.82, 2.24) is 24.9 Å². The number of halogens is 3. The maximum atomic E-state index is 13.3. The van der Waals surface area contributed by atoms with Crippen LogP contribution in [0.1, 0.15) is 53.2 Å². The second-order valence-corrected chi connectivity index (χ2v) is 9.31. The van der Waals surface area contributed by atoms with Crippen molar-refractivity contribution in [3.8, 4) is 5.69 Å². The maximum absolute atomic E-state index is 13.3. The Balaban J connectivity index is 1.32. The fourth-order valence-electron chi connectivity index (χ4n) is 4.24. The Morgan fingerprint density at radius 1 is 1.12 bits per heavy atom. The van der Waals surface area contributed by atoms with E-state index in [2.05, 4.69) is 20.6 Å². The summed E-state index contributed by atoms with van der Waals surface area (Å²) < 4.78 is 41.1. The number of nitrogens with zero attached hydrogens (tertiary/aromatic N) is 5. The third-order valence-corrected chi connectivity index (χ3v) is 6.77. The monoisotopic (exact) mass is 490 g/mol. The largest absolute Gasteiger partial charge is 0.416 e. The number of piperidine rings is 1. The van der Waals surface area contributed by atoms with E-state index in [4.69, 9.17) is 0 Å². The van der Waals surface area contributed by atoms with E-state index >= 15 is 0 Å². The molecule has 8 nitrogen and oxygen atoms in total. The lowest BCUT2D eigenvalue weighted by molar-refractivity contribution is -0.137. The van der Waals surface area contributed by atoms with Gasteiger partial charge in [0, 0.05) is 24.9 Å². The normalized spacial score (nSPS) is 17.1. The topological polar surface area (TPSA) is 93.0 Å². The average Bonchev–Trinajstić information content (AvgIpc) is 3.35. The molecule has 1 aromatic carbocycles. The number of nitrogens with one attached hydrogen (secondary N) is 1. The quantitative estimate of drug-likeness (QED) is 0.581. The summed E-state index contributed by atoms with van der Waals surface area (Å²) in [5.41, 5.74) is 2.12. The van der Waals surface area contributed by atoms with Crippen molar-refractivity contribution in [3.05, 3.63) is 52.8 Å². The van der Waals surface area contributed by atoms with Gasteiger partial charge >= 0.3 is 6.18 Å². The minimum atomic E-state index is -4.46. The van der Waals surface area contributed by atoms with Gasteiger partial charge in [0.2, 0.25) is 11.0 Å². The first kappa shape index (κ1) is 22.5. The van der Waals surface area contributed by atoms with E-state index in [1.54, 1.807) is 11.0 Å². The Kier molecular flexibility index (Phi) is 5.84. The van der Waals surface area contributed by atoms with Crippen molar-refractivity contribution in [1.29, 1.82) is 0 Å². The number of benzene rings is 1. The van der Waals surface area contributed by atoms with Gasteiger partial charge in [-0.05, 0) is 43.9 Å². The second-order valence-electron chi connectivity index (χ2n) is 8.48. The molecule has 5 rings (SSSR count). The molecule has 34 heavy (non-hydrogen) atoms. The average molecular weight is 491 g/mol. The fraction of sp³-hybridized carbons (Fsp3) is 0.409. The van der Waals surface area contributed by atoms with Gasteiger partial charge in [0.05, 0.1) is 28.7 Å². The number of aromatic nitrogens is 4. The highest BCUT2D eigenvalue weighted by molar-refractivity contribution is 7.13. The molecule has 2 aromatic heterocycles. The molecule has 2 aliphatic rings. The van der Waals surface area contributed by atoms with Crippen LogP contribution in [0, 0.1) is 5.92 Å². The van der Waals surface area contributed by atoms with Gasteiger partial charge in [-0.1, -0.05) is 17.4 Å². The van der Waals surface area contributed by atoms with Crippen molar-refractivity contribution < 1.29 is 22.8 Å². The van der Waals surface area contributed by atoms with Crippen molar-refractivity contribution >= 4 is 28.3 Å². The number of rotatable bonds is 5. The number of alkyl halides is 3. The number of hydrogen-bond acceptors (Lipinski definition) is 6. The third-order valence-electron chi connectivity index (χ3n) is 6.16. The van der Waals surface area contributed by atoms with Crippen LogP contribution >= 0.6 is 11.3 Å². The summed E-state index contributed by atoms with van der Waals surface area (Å²) in [6, 6.07) is 4.97. The zero-order valence-electron chi connectivity index (χ0n) is 18.0. The molecule has 0 radical (unpaired) electrons. The Morgan fingerprint density at radius 2 is 1.88 bits per heavy atom. The molecule has 0 unspecified atom stereocenters. The fourth-order valence-corrected chi connectivity index (χ4v) is 4.69. The van der Waals surface area contributed by atoms with Crippen LogP contribution in [-0.4, -0.2) is 49.8 Å². The molecule has 0 atom stereocenters. The van der Waals surface area contributed by atoms with Crippen LogP contribution in [0.3, 0.4) is 0 Å². The van der Waals surface area contributed by atoms with Gasteiger partial charge in [-0.3, -0.25) is 9.59 Å². The minimum absolute atomic E-state index is 0.0891. The number of amides is 2. The molecule has 1 saturated carbocycles. The predicted molar refractivity (Wildman–Crippen MR) is 118 cm³/mol. The zero-order chi connectivity index (χ0) is 23.9. The number of hydrogen-bond donors (Lipinski definition) is 1. The van der Waals surface area contributed by atoms with Crippen LogP contribution in [0.15, 0.2) is 36.0 Å². The SMILES string of the molecule is O=C(Nc1nncs1)C1CCN(C(=O)c2cnn(-c3cccc(C(F)(F)F)c3)c2C2CC2)CC1. The molecule has 178 valence electrons. The Hall–Kier alpha value is -3.28. The van der Waals surface area contributed by atoms with Crippen LogP contribution in [-0.2, 0) is 11.0 Å². The summed E-state index contributed by atoms with van der Waals surface area (Å²) in [5, 5.41) is 15.0. The predicted octanol–water partition coefficient (Wildman–Crippen LogP) is 4.11. The van der Waals surface area contributed by atoms with E-state index < -0.39 is 11.7 Å². The van der Waals surface area contributed by atoms with Gasteiger partial charge in [-0.2, -0.15) is 18.3 Å². The van der Waals surface area contributed by atoms with Crippen LogP contribution in [0.5, 0.6) is 0 Å². The molecular formula is C22H21F3N6O2S. The molecular weight excluding hydrogens is 469 g/mol. The third kappa shape index (κ3) is 4.54. The molecule has 0 bridgehead atoms. The summed E-state index contributed by atoms with van der Waals surface area (Å²) in [7, 11) is 0. The maximum Gasteiger partial charge on any atom is 0.416 e. The molecule has 1 saturated heterocycles. The van der Waals surface area contributed by atoms with E-state index in [1.807, 2.05) is 0 Å². The zero-order valence-corrected chi connectivity index (χ0v) is 18.8. The van der Waals surface area contributed by atoms with E-state index in [0.717, 1.165) is 25.0 Å². The van der Waals surface area contributed by atoms with Crippen LogP contribution in [0.2, 0.25) is 0 Å². The molecule has 0 spiro atoms. The molecule has 2 fully saturated rings. The highest BCUT2D eigenvalue weighted by Gasteiger charge is 2.36. The minimum Gasteiger partial charge on any atom is -0.338 e.